The molecule has 0 saturated heterocycles. The molecular formula is C17H16BrNO. The molecular weight excluding hydrogens is 314 g/mol. The fourth-order valence-electron chi connectivity index (χ4n) is 2.68. The summed E-state index contributed by atoms with van der Waals surface area (Å²) in [6, 6.07) is 16.4. The van der Waals surface area contributed by atoms with E-state index in [2.05, 4.69) is 33.4 Å². The van der Waals surface area contributed by atoms with Gasteiger partial charge in [0.1, 0.15) is 0 Å². The molecule has 1 N–H and O–H groups in total. The van der Waals surface area contributed by atoms with Gasteiger partial charge in [0.05, 0.1) is 0 Å². The van der Waals surface area contributed by atoms with Crippen LogP contribution in [0.2, 0.25) is 0 Å². The van der Waals surface area contributed by atoms with Gasteiger partial charge in [0.25, 0.3) is 0 Å². The van der Waals surface area contributed by atoms with Crippen LogP contribution in [-0.4, -0.2) is 5.91 Å². The zero-order valence-corrected chi connectivity index (χ0v) is 12.7. The molecule has 0 atom stereocenters. The Kier molecular flexibility index (Phi) is 3.88. The molecule has 0 bridgehead atoms. The number of nitrogens with one attached hydrogen (secondary N) is 1. The predicted molar refractivity (Wildman–Crippen MR) is 83.3 cm³/mol. The van der Waals surface area contributed by atoms with Crippen molar-refractivity contribution in [3.63, 3.8) is 0 Å². The molecule has 1 aliphatic carbocycles. The number of rotatable bonds is 3. The average Bonchev–Trinajstić information content (AvgIpc) is 2.90. The summed E-state index contributed by atoms with van der Waals surface area (Å²) in [5.41, 5.74) is 3.75. The maximum Gasteiger partial charge on any atom is 0.224 e. The second-order valence-electron chi connectivity index (χ2n) is 5.22. The fourth-order valence-corrected chi connectivity index (χ4v) is 2.94. The van der Waals surface area contributed by atoms with Crippen LogP contribution in [0.25, 0.3) is 0 Å². The molecule has 0 unspecified atom stereocenters. The number of carbonyl (C=O) groups excluding carboxylic acids is 1. The molecule has 0 radical (unpaired) electrons. The fraction of sp³-hybridized carbons (Fsp3) is 0.235. The minimum atomic E-state index is 0.0860. The number of fused-ring (bicyclic) bond motifs is 1. The Labute approximate surface area is 127 Å². The third-order valence-electron chi connectivity index (χ3n) is 3.80. The SMILES string of the molecule is O=C(NCc1ccc(Br)cc1)C1Cc2ccccc2C1. The van der Waals surface area contributed by atoms with Crippen molar-refractivity contribution in [1.29, 1.82) is 0 Å². The largest absolute Gasteiger partial charge is 0.352 e. The van der Waals surface area contributed by atoms with Crippen molar-refractivity contribution in [2.45, 2.75) is 19.4 Å². The van der Waals surface area contributed by atoms with Gasteiger partial charge in [-0.05, 0) is 41.7 Å². The Balaban J connectivity index is 1.57. The number of hydrogen-bond donors (Lipinski definition) is 1. The van der Waals surface area contributed by atoms with E-state index in [0.29, 0.717) is 6.54 Å². The van der Waals surface area contributed by atoms with Crippen molar-refractivity contribution in [2.24, 2.45) is 5.92 Å². The van der Waals surface area contributed by atoms with Crippen LogP contribution in [-0.2, 0) is 24.2 Å². The van der Waals surface area contributed by atoms with E-state index in [-0.39, 0.29) is 11.8 Å². The standard InChI is InChI=1S/C17H16BrNO/c18-16-7-5-12(6-8-16)11-19-17(20)15-9-13-3-1-2-4-14(13)10-15/h1-8,15H,9-11H2,(H,19,20). The van der Waals surface area contributed by atoms with Gasteiger partial charge in [0.15, 0.2) is 0 Å². The minimum Gasteiger partial charge on any atom is -0.352 e. The van der Waals surface area contributed by atoms with Crippen LogP contribution in [0.15, 0.2) is 53.0 Å². The van der Waals surface area contributed by atoms with Gasteiger partial charge >= 0.3 is 0 Å². The number of hydrogen-bond acceptors (Lipinski definition) is 1. The number of carbonyl (C=O) groups is 1. The Morgan fingerprint density at radius 3 is 2.25 bits per heavy atom. The molecule has 20 heavy (non-hydrogen) atoms. The maximum absolute atomic E-state index is 12.2. The van der Waals surface area contributed by atoms with Crippen LogP contribution in [0.3, 0.4) is 0 Å². The summed E-state index contributed by atoms with van der Waals surface area (Å²) in [7, 11) is 0. The molecule has 0 fully saturated rings. The smallest absolute Gasteiger partial charge is 0.224 e. The summed E-state index contributed by atoms with van der Waals surface area (Å²) in [5, 5.41) is 3.04. The Morgan fingerprint density at radius 2 is 1.65 bits per heavy atom. The van der Waals surface area contributed by atoms with E-state index in [9.17, 15) is 4.79 Å². The third-order valence-corrected chi connectivity index (χ3v) is 4.33. The Morgan fingerprint density at radius 1 is 1.05 bits per heavy atom. The van der Waals surface area contributed by atoms with Crippen LogP contribution in [0.1, 0.15) is 16.7 Å². The molecule has 1 amide bonds. The highest BCUT2D eigenvalue weighted by Gasteiger charge is 2.26. The number of benzene rings is 2. The molecule has 1 aliphatic rings. The van der Waals surface area contributed by atoms with E-state index in [1.54, 1.807) is 0 Å². The lowest BCUT2D eigenvalue weighted by molar-refractivity contribution is -0.124. The van der Waals surface area contributed by atoms with E-state index in [4.69, 9.17) is 0 Å². The van der Waals surface area contributed by atoms with Crippen molar-refractivity contribution in [1.82, 2.24) is 5.32 Å². The third kappa shape index (κ3) is 2.93. The van der Waals surface area contributed by atoms with Crippen molar-refractivity contribution in [2.75, 3.05) is 0 Å². The first-order valence-electron chi connectivity index (χ1n) is 6.81. The summed E-state index contributed by atoms with van der Waals surface area (Å²) in [6.07, 6.45) is 1.73. The summed E-state index contributed by atoms with van der Waals surface area (Å²) in [5.74, 6) is 0.243. The van der Waals surface area contributed by atoms with Crippen LogP contribution in [0.4, 0.5) is 0 Å². The van der Waals surface area contributed by atoms with Gasteiger partial charge in [-0.15, -0.1) is 0 Å². The molecule has 2 aromatic carbocycles. The first-order valence-corrected chi connectivity index (χ1v) is 7.60. The van der Waals surface area contributed by atoms with Crippen LogP contribution in [0.5, 0.6) is 0 Å². The zero-order chi connectivity index (χ0) is 13.9. The zero-order valence-electron chi connectivity index (χ0n) is 11.1. The molecule has 0 aromatic heterocycles. The monoisotopic (exact) mass is 329 g/mol. The molecule has 0 heterocycles. The predicted octanol–water partition coefficient (Wildman–Crippen LogP) is 3.48. The van der Waals surface area contributed by atoms with E-state index < -0.39 is 0 Å². The van der Waals surface area contributed by atoms with Crippen molar-refractivity contribution in [3.05, 3.63) is 69.7 Å². The molecule has 0 saturated carbocycles. The maximum atomic E-state index is 12.2. The van der Waals surface area contributed by atoms with E-state index in [1.807, 2.05) is 36.4 Å². The molecule has 3 heteroatoms. The van der Waals surface area contributed by atoms with Gasteiger partial charge in [-0.25, -0.2) is 0 Å². The van der Waals surface area contributed by atoms with Gasteiger partial charge in [0.2, 0.25) is 5.91 Å². The number of halogens is 1. The molecule has 102 valence electrons. The Bertz CT molecular complexity index is 596. The van der Waals surface area contributed by atoms with Crippen LogP contribution < -0.4 is 5.32 Å². The topological polar surface area (TPSA) is 29.1 Å². The normalized spacial score (nSPS) is 14.1. The van der Waals surface area contributed by atoms with E-state index in [0.717, 1.165) is 22.9 Å². The highest BCUT2D eigenvalue weighted by Crippen LogP contribution is 2.26. The van der Waals surface area contributed by atoms with Gasteiger partial charge in [-0.3, -0.25) is 4.79 Å². The second kappa shape index (κ2) is 5.80. The quantitative estimate of drug-likeness (QED) is 0.917. The first kappa shape index (κ1) is 13.4. The van der Waals surface area contributed by atoms with Gasteiger partial charge in [-0.2, -0.15) is 0 Å². The highest BCUT2D eigenvalue weighted by atomic mass is 79.9. The molecule has 0 spiro atoms. The molecule has 2 nitrogen and oxygen atoms in total. The Hall–Kier alpha value is -1.61. The van der Waals surface area contributed by atoms with Crippen molar-refractivity contribution < 1.29 is 4.79 Å². The van der Waals surface area contributed by atoms with Crippen molar-refractivity contribution >= 4 is 21.8 Å². The van der Waals surface area contributed by atoms with Gasteiger partial charge < -0.3 is 5.32 Å². The van der Waals surface area contributed by atoms with E-state index >= 15 is 0 Å². The van der Waals surface area contributed by atoms with Crippen molar-refractivity contribution in [3.8, 4) is 0 Å². The summed E-state index contributed by atoms with van der Waals surface area (Å²) in [6.45, 7) is 0.596. The van der Waals surface area contributed by atoms with Crippen LogP contribution >= 0.6 is 15.9 Å². The average molecular weight is 330 g/mol. The molecule has 0 aliphatic heterocycles. The van der Waals surface area contributed by atoms with Crippen LogP contribution in [0, 0.1) is 5.92 Å². The van der Waals surface area contributed by atoms with Gasteiger partial charge in [-0.1, -0.05) is 52.3 Å². The molecule has 2 aromatic rings. The van der Waals surface area contributed by atoms with E-state index in [1.165, 1.54) is 11.1 Å². The highest BCUT2D eigenvalue weighted by molar-refractivity contribution is 9.10. The first-order chi connectivity index (χ1) is 9.72. The lowest BCUT2D eigenvalue weighted by Gasteiger charge is -2.10. The second-order valence-corrected chi connectivity index (χ2v) is 6.13. The summed E-state index contributed by atoms with van der Waals surface area (Å²) in [4.78, 5) is 12.2. The van der Waals surface area contributed by atoms with Gasteiger partial charge in [0, 0.05) is 16.9 Å². The number of amides is 1. The lowest BCUT2D eigenvalue weighted by atomic mass is 10.1. The minimum absolute atomic E-state index is 0.0860. The molecule has 3 rings (SSSR count). The summed E-state index contributed by atoms with van der Waals surface area (Å²) >= 11 is 3.41. The lowest BCUT2D eigenvalue weighted by Crippen LogP contribution is -2.30. The summed E-state index contributed by atoms with van der Waals surface area (Å²) < 4.78 is 1.05.